The van der Waals surface area contributed by atoms with Gasteiger partial charge in [-0.05, 0) is 31.3 Å². The summed E-state index contributed by atoms with van der Waals surface area (Å²) in [4.78, 5) is 47.7. The lowest BCUT2D eigenvalue weighted by atomic mass is 10.0. The number of carbonyl (C=O) groups excluding carboxylic acids is 3. The summed E-state index contributed by atoms with van der Waals surface area (Å²) in [7, 11) is 0. The van der Waals surface area contributed by atoms with Crippen molar-refractivity contribution in [1.82, 2.24) is 16.0 Å². The maximum absolute atomic E-state index is 12.6. The molecule has 0 spiro atoms. The molecule has 0 aromatic heterocycles. The molecule has 0 saturated carbocycles. The first-order valence-electron chi connectivity index (χ1n) is 8.54. The second-order valence-corrected chi connectivity index (χ2v) is 7.78. The molecular formula is C16H30N4O5S2. The van der Waals surface area contributed by atoms with Gasteiger partial charge in [0.05, 0.1) is 6.04 Å². The van der Waals surface area contributed by atoms with E-state index in [-0.39, 0.29) is 11.7 Å². The van der Waals surface area contributed by atoms with Gasteiger partial charge in [-0.25, -0.2) is 0 Å². The number of carboxylic acid groups (broad SMARTS) is 1. The van der Waals surface area contributed by atoms with Crippen LogP contribution in [0, 0.1) is 5.92 Å². The van der Waals surface area contributed by atoms with Crippen molar-refractivity contribution in [2.45, 2.75) is 51.4 Å². The lowest BCUT2D eigenvalue weighted by Crippen LogP contribution is -2.57. The van der Waals surface area contributed by atoms with Gasteiger partial charge >= 0.3 is 5.97 Å². The molecule has 0 heterocycles. The number of thiol groups is 1. The summed E-state index contributed by atoms with van der Waals surface area (Å²) < 4.78 is 0. The van der Waals surface area contributed by atoms with Crippen molar-refractivity contribution >= 4 is 48.1 Å². The highest BCUT2D eigenvalue weighted by atomic mass is 32.2. The van der Waals surface area contributed by atoms with Crippen LogP contribution in [-0.2, 0) is 19.2 Å². The van der Waals surface area contributed by atoms with Crippen molar-refractivity contribution in [2.24, 2.45) is 11.7 Å². The standard InChI is InChI=1S/C16H30N4O5S2/c1-8(2)12(17)15(23)19-10(5-6-27-4)13(21)20-11(7-26)14(22)18-9(3)16(24)25/h8-12,26H,5-7,17H2,1-4H3,(H,18,22)(H,19,23)(H,20,21)(H,24,25). The minimum Gasteiger partial charge on any atom is -0.480 e. The molecule has 4 unspecified atom stereocenters. The van der Waals surface area contributed by atoms with Gasteiger partial charge in [0.1, 0.15) is 18.1 Å². The zero-order valence-electron chi connectivity index (χ0n) is 16.0. The van der Waals surface area contributed by atoms with Crippen molar-refractivity contribution in [3.8, 4) is 0 Å². The maximum Gasteiger partial charge on any atom is 0.325 e. The largest absolute Gasteiger partial charge is 0.480 e. The summed E-state index contributed by atoms with van der Waals surface area (Å²) in [5.74, 6) is -2.37. The lowest BCUT2D eigenvalue weighted by molar-refractivity contribution is -0.141. The van der Waals surface area contributed by atoms with Crippen LogP contribution in [0.3, 0.4) is 0 Å². The van der Waals surface area contributed by atoms with Gasteiger partial charge in [0.2, 0.25) is 17.7 Å². The van der Waals surface area contributed by atoms with Gasteiger partial charge in [-0.2, -0.15) is 24.4 Å². The summed E-state index contributed by atoms with van der Waals surface area (Å²) in [5.41, 5.74) is 5.82. The number of hydrogen-bond acceptors (Lipinski definition) is 7. The van der Waals surface area contributed by atoms with Crippen LogP contribution >= 0.6 is 24.4 Å². The Hall–Kier alpha value is -1.46. The maximum atomic E-state index is 12.6. The third-order valence-corrected chi connectivity index (χ3v) is 4.82. The second-order valence-electron chi connectivity index (χ2n) is 6.42. The van der Waals surface area contributed by atoms with Gasteiger partial charge in [-0.3, -0.25) is 19.2 Å². The van der Waals surface area contributed by atoms with Crippen LogP contribution in [0.2, 0.25) is 0 Å². The van der Waals surface area contributed by atoms with E-state index in [0.717, 1.165) is 0 Å². The first-order valence-corrected chi connectivity index (χ1v) is 10.6. The Labute approximate surface area is 169 Å². The molecule has 156 valence electrons. The number of nitrogens with one attached hydrogen (secondary N) is 3. The second kappa shape index (κ2) is 12.8. The van der Waals surface area contributed by atoms with E-state index in [2.05, 4.69) is 28.6 Å². The third kappa shape index (κ3) is 9.34. The highest BCUT2D eigenvalue weighted by Crippen LogP contribution is 2.05. The van der Waals surface area contributed by atoms with Crippen LogP contribution < -0.4 is 21.7 Å². The van der Waals surface area contributed by atoms with Crippen molar-refractivity contribution < 1.29 is 24.3 Å². The van der Waals surface area contributed by atoms with Gasteiger partial charge in [-0.1, -0.05) is 13.8 Å². The zero-order chi connectivity index (χ0) is 21.1. The van der Waals surface area contributed by atoms with Crippen LogP contribution in [-0.4, -0.2) is 70.7 Å². The first kappa shape index (κ1) is 25.5. The van der Waals surface area contributed by atoms with Gasteiger partial charge < -0.3 is 26.8 Å². The SMILES string of the molecule is CSCCC(NC(=O)C(N)C(C)C)C(=O)NC(CS)C(=O)NC(C)C(=O)O. The van der Waals surface area contributed by atoms with Crippen molar-refractivity contribution in [3.63, 3.8) is 0 Å². The Kier molecular flexibility index (Phi) is 12.1. The van der Waals surface area contributed by atoms with E-state index in [1.165, 1.54) is 18.7 Å². The van der Waals surface area contributed by atoms with E-state index in [1.807, 2.05) is 6.26 Å². The highest BCUT2D eigenvalue weighted by Gasteiger charge is 2.29. The quantitative estimate of drug-likeness (QED) is 0.226. The Morgan fingerprint density at radius 3 is 1.96 bits per heavy atom. The minimum absolute atomic E-state index is 0.0292. The molecule has 0 radical (unpaired) electrons. The number of nitrogens with two attached hydrogens (primary N) is 1. The molecule has 0 rings (SSSR count). The Morgan fingerprint density at radius 2 is 1.52 bits per heavy atom. The van der Waals surface area contributed by atoms with Crippen LogP contribution in [0.15, 0.2) is 0 Å². The van der Waals surface area contributed by atoms with Crippen LogP contribution in [0.5, 0.6) is 0 Å². The third-order valence-electron chi connectivity index (χ3n) is 3.81. The minimum atomic E-state index is -1.19. The molecule has 11 heteroatoms. The molecule has 0 aromatic rings. The van der Waals surface area contributed by atoms with E-state index in [0.29, 0.717) is 12.2 Å². The summed E-state index contributed by atoms with van der Waals surface area (Å²) >= 11 is 5.55. The van der Waals surface area contributed by atoms with E-state index in [1.54, 1.807) is 13.8 Å². The normalized spacial score (nSPS) is 15.4. The van der Waals surface area contributed by atoms with E-state index in [4.69, 9.17) is 10.8 Å². The number of thioether (sulfide) groups is 1. The smallest absolute Gasteiger partial charge is 0.325 e. The molecule has 27 heavy (non-hydrogen) atoms. The number of carbonyl (C=O) groups is 4. The lowest BCUT2D eigenvalue weighted by Gasteiger charge is -2.24. The van der Waals surface area contributed by atoms with E-state index >= 15 is 0 Å². The van der Waals surface area contributed by atoms with Gasteiger partial charge in [0, 0.05) is 5.75 Å². The fraction of sp³-hybridized carbons (Fsp3) is 0.750. The summed E-state index contributed by atoms with van der Waals surface area (Å²) in [6, 6.07) is -3.75. The van der Waals surface area contributed by atoms with E-state index < -0.39 is 47.9 Å². The molecule has 0 bridgehead atoms. The Bertz CT molecular complexity index is 533. The summed E-state index contributed by atoms with van der Waals surface area (Å²) in [6.45, 7) is 4.91. The summed E-state index contributed by atoms with van der Waals surface area (Å²) in [6.07, 6.45) is 2.23. The number of hydrogen-bond donors (Lipinski definition) is 6. The van der Waals surface area contributed by atoms with Crippen LogP contribution in [0.1, 0.15) is 27.2 Å². The Balaban J connectivity index is 5.05. The number of amides is 3. The molecule has 0 saturated heterocycles. The monoisotopic (exact) mass is 422 g/mol. The Morgan fingerprint density at radius 1 is 1.00 bits per heavy atom. The topological polar surface area (TPSA) is 151 Å². The molecule has 6 N–H and O–H groups in total. The predicted molar refractivity (Wildman–Crippen MR) is 109 cm³/mol. The predicted octanol–water partition coefficient (Wildman–Crippen LogP) is -0.788. The fourth-order valence-electron chi connectivity index (χ4n) is 1.92. The average molecular weight is 423 g/mol. The number of aliphatic carboxylic acids is 1. The average Bonchev–Trinajstić information content (AvgIpc) is 2.61. The molecule has 0 aliphatic carbocycles. The molecule has 4 atom stereocenters. The molecular weight excluding hydrogens is 392 g/mol. The number of carboxylic acids is 1. The van der Waals surface area contributed by atoms with Crippen molar-refractivity contribution in [2.75, 3.05) is 17.8 Å². The van der Waals surface area contributed by atoms with Crippen molar-refractivity contribution in [3.05, 3.63) is 0 Å². The van der Waals surface area contributed by atoms with Gasteiger partial charge in [0.25, 0.3) is 0 Å². The first-order chi connectivity index (χ1) is 12.5. The zero-order valence-corrected chi connectivity index (χ0v) is 17.7. The van der Waals surface area contributed by atoms with Crippen molar-refractivity contribution in [1.29, 1.82) is 0 Å². The molecule has 0 aliphatic rings. The molecule has 9 nitrogen and oxygen atoms in total. The molecule has 0 aromatic carbocycles. The number of rotatable bonds is 12. The van der Waals surface area contributed by atoms with Gasteiger partial charge in [0.15, 0.2) is 0 Å². The summed E-state index contributed by atoms with van der Waals surface area (Å²) in [5, 5.41) is 16.3. The molecule has 3 amide bonds. The fourth-order valence-corrected chi connectivity index (χ4v) is 2.65. The highest BCUT2D eigenvalue weighted by molar-refractivity contribution is 7.98. The molecule has 0 fully saturated rings. The van der Waals surface area contributed by atoms with Crippen LogP contribution in [0.4, 0.5) is 0 Å². The van der Waals surface area contributed by atoms with Crippen LogP contribution in [0.25, 0.3) is 0 Å². The molecule has 0 aliphatic heterocycles. The van der Waals surface area contributed by atoms with E-state index in [9.17, 15) is 19.2 Å². The van der Waals surface area contributed by atoms with Gasteiger partial charge in [-0.15, -0.1) is 0 Å².